The first-order valence-electron chi connectivity index (χ1n) is 5.19. The number of methoxy groups -OCH3 is 1. The van der Waals surface area contributed by atoms with Gasteiger partial charge >= 0.3 is 5.97 Å². The van der Waals surface area contributed by atoms with Crippen molar-refractivity contribution in [1.82, 2.24) is 9.71 Å². The van der Waals surface area contributed by atoms with Gasteiger partial charge in [0.2, 0.25) is 10.0 Å². The van der Waals surface area contributed by atoms with Gasteiger partial charge in [0.1, 0.15) is 0 Å². The summed E-state index contributed by atoms with van der Waals surface area (Å²) in [6.45, 7) is 0.254. The third-order valence-electron chi connectivity index (χ3n) is 2.18. The zero-order chi connectivity index (χ0) is 12.7. The second kappa shape index (κ2) is 6.41. The number of esters is 1. The first-order valence-corrected chi connectivity index (χ1v) is 6.84. The summed E-state index contributed by atoms with van der Waals surface area (Å²) < 4.78 is 29.9. The van der Waals surface area contributed by atoms with Gasteiger partial charge < -0.3 is 9.72 Å². The zero-order valence-corrected chi connectivity index (χ0v) is 10.4. The third kappa shape index (κ3) is 5.50. The molecule has 1 rings (SSSR count). The van der Waals surface area contributed by atoms with E-state index in [2.05, 4.69) is 14.4 Å². The second-order valence-corrected chi connectivity index (χ2v) is 5.47. The highest BCUT2D eigenvalue weighted by Gasteiger charge is 2.11. The van der Waals surface area contributed by atoms with Gasteiger partial charge in [0.05, 0.1) is 12.9 Å². The molecule has 0 aliphatic carbocycles. The lowest BCUT2D eigenvalue weighted by Crippen LogP contribution is -2.26. The maximum atomic E-state index is 11.5. The van der Waals surface area contributed by atoms with E-state index in [1.165, 1.54) is 7.11 Å². The average molecular weight is 260 g/mol. The molecule has 96 valence electrons. The molecule has 0 radical (unpaired) electrons. The van der Waals surface area contributed by atoms with E-state index in [0.717, 1.165) is 5.56 Å². The van der Waals surface area contributed by atoms with E-state index in [1.54, 1.807) is 18.5 Å². The predicted molar refractivity (Wildman–Crippen MR) is 62.7 cm³/mol. The van der Waals surface area contributed by atoms with Crippen LogP contribution in [0, 0.1) is 0 Å². The quantitative estimate of drug-likeness (QED) is 0.694. The summed E-state index contributed by atoms with van der Waals surface area (Å²) >= 11 is 0. The molecule has 0 saturated heterocycles. The third-order valence-corrected chi connectivity index (χ3v) is 3.59. The molecule has 1 aromatic rings. The molecule has 0 spiro atoms. The molecule has 7 heteroatoms. The van der Waals surface area contributed by atoms with Crippen LogP contribution in [-0.2, 0) is 26.1 Å². The van der Waals surface area contributed by atoms with Crippen LogP contribution in [0.25, 0.3) is 0 Å². The smallest absolute Gasteiger partial charge is 0.305 e. The fourth-order valence-electron chi connectivity index (χ4n) is 1.24. The summed E-state index contributed by atoms with van der Waals surface area (Å²) in [5.41, 5.74) is 0.863. The Morgan fingerprint density at radius 1 is 1.53 bits per heavy atom. The van der Waals surface area contributed by atoms with Gasteiger partial charge in [0.15, 0.2) is 0 Å². The number of hydrogen-bond acceptors (Lipinski definition) is 4. The minimum Gasteiger partial charge on any atom is -0.469 e. The molecule has 0 bridgehead atoms. The highest BCUT2D eigenvalue weighted by atomic mass is 32.2. The molecule has 6 nitrogen and oxygen atoms in total. The highest BCUT2D eigenvalue weighted by Crippen LogP contribution is 2.00. The molecule has 17 heavy (non-hydrogen) atoms. The number of sulfonamides is 1. The van der Waals surface area contributed by atoms with Crippen LogP contribution in [-0.4, -0.2) is 32.2 Å². The topological polar surface area (TPSA) is 88.3 Å². The summed E-state index contributed by atoms with van der Waals surface area (Å²) in [4.78, 5) is 13.6. The molecule has 0 aliphatic heterocycles. The van der Waals surface area contributed by atoms with E-state index >= 15 is 0 Å². The number of carbonyl (C=O) groups excluding carboxylic acids is 1. The maximum absolute atomic E-state index is 11.5. The number of H-pyrrole nitrogens is 1. The van der Waals surface area contributed by atoms with Crippen LogP contribution in [0.2, 0.25) is 0 Å². The van der Waals surface area contributed by atoms with Gasteiger partial charge in [0, 0.05) is 25.4 Å². The van der Waals surface area contributed by atoms with E-state index in [0.29, 0.717) is 0 Å². The molecule has 0 unspecified atom stereocenters. The number of rotatable bonds is 7. The Labute approximate surface area is 100 Å². The highest BCUT2D eigenvalue weighted by molar-refractivity contribution is 7.89. The Balaban J connectivity index is 2.29. The van der Waals surface area contributed by atoms with Crippen LogP contribution in [0.3, 0.4) is 0 Å². The Bertz CT molecular complexity index is 439. The monoisotopic (exact) mass is 260 g/mol. The molecule has 1 aromatic heterocycles. The van der Waals surface area contributed by atoms with Crippen LogP contribution in [0.15, 0.2) is 18.5 Å². The predicted octanol–water partition coefficient (Wildman–Crippen LogP) is 0.387. The van der Waals surface area contributed by atoms with Gasteiger partial charge in [-0.1, -0.05) is 0 Å². The normalized spacial score (nSPS) is 11.4. The summed E-state index contributed by atoms with van der Waals surface area (Å²) in [7, 11) is -2.05. The van der Waals surface area contributed by atoms with Gasteiger partial charge in [-0.3, -0.25) is 4.79 Å². The number of ether oxygens (including phenoxy) is 1. The fourth-order valence-corrected chi connectivity index (χ4v) is 2.30. The lowest BCUT2D eigenvalue weighted by Gasteiger charge is -2.05. The summed E-state index contributed by atoms with van der Waals surface area (Å²) in [6, 6.07) is 1.79. The molecular formula is C10H16N2O4S. The molecule has 0 aliphatic rings. The van der Waals surface area contributed by atoms with E-state index in [-0.39, 0.29) is 25.1 Å². The number of carbonyl (C=O) groups is 1. The summed E-state index contributed by atoms with van der Waals surface area (Å²) in [6.07, 6.45) is 3.81. The first-order chi connectivity index (χ1) is 8.03. The van der Waals surface area contributed by atoms with Gasteiger partial charge in [-0.15, -0.1) is 0 Å². The van der Waals surface area contributed by atoms with E-state index in [1.807, 2.05) is 0 Å². The van der Waals surface area contributed by atoms with Crippen LogP contribution < -0.4 is 4.72 Å². The van der Waals surface area contributed by atoms with Crippen molar-refractivity contribution in [3.05, 3.63) is 24.0 Å². The molecular weight excluding hydrogens is 244 g/mol. The van der Waals surface area contributed by atoms with Crippen molar-refractivity contribution in [1.29, 1.82) is 0 Å². The largest absolute Gasteiger partial charge is 0.469 e. The van der Waals surface area contributed by atoms with Crippen molar-refractivity contribution in [2.24, 2.45) is 0 Å². The van der Waals surface area contributed by atoms with Crippen molar-refractivity contribution >= 4 is 16.0 Å². The van der Waals surface area contributed by atoms with Crippen molar-refractivity contribution in [2.75, 3.05) is 12.9 Å². The van der Waals surface area contributed by atoms with Crippen molar-refractivity contribution < 1.29 is 17.9 Å². The van der Waals surface area contributed by atoms with Crippen molar-refractivity contribution in [3.63, 3.8) is 0 Å². The molecule has 2 N–H and O–H groups in total. The number of hydrogen-bond donors (Lipinski definition) is 2. The Hall–Kier alpha value is -1.34. The lowest BCUT2D eigenvalue weighted by molar-refractivity contribution is -0.140. The van der Waals surface area contributed by atoms with Crippen LogP contribution in [0.1, 0.15) is 18.4 Å². The number of aromatic amines is 1. The van der Waals surface area contributed by atoms with Crippen molar-refractivity contribution in [3.8, 4) is 0 Å². The van der Waals surface area contributed by atoms with Gasteiger partial charge in [0.25, 0.3) is 0 Å². The maximum Gasteiger partial charge on any atom is 0.305 e. The minimum atomic E-state index is -3.33. The van der Waals surface area contributed by atoms with Crippen LogP contribution >= 0.6 is 0 Å². The van der Waals surface area contributed by atoms with E-state index in [4.69, 9.17) is 0 Å². The summed E-state index contributed by atoms with van der Waals surface area (Å²) in [5.74, 6) is -0.474. The van der Waals surface area contributed by atoms with Crippen molar-refractivity contribution in [2.45, 2.75) is 19.4 Å². The molecule has 0 saturated carbocycles. The van der Waals surface area contributed by atoms with Crippen LogP contribution in [0.5, 0.6) is 0 Å². The number of nitrogens with one attached hydrogen (secondary N) is 2. The molecule has 0 fully saturated rings. The van der Waals surface area contributed by atoms with E-state index < -0.39 is 16.0 Å². The molecule has 0 atom stereocenters. The Kier molecular flexibility index (Phi) is 5.17. The Morgan fingerprint density at radius 3 is 2.88 bits per heavy atom. The molecule has 1 heterocycles. The summed E-state index contributed by atoms with van der Waals surface area (Å²) in [5, 5.41) is 0. The number of aromatic nitrogens is 1. The average Bonchev–Trinajstić information content (AvgIpc) is 2.79. The zero-order valence-electron chi connectivity index (χ0n) is 9.60. The standard InChI is InChI=1S/C10H16N2O4S/c1-16-10(13)3-2-6-17(14,15)12-8-9-4-5-11-7-9/h4-5,7,11-12H,2-3,6,8H2,1H3. The molecule has 0 amide bonds. The van der Waals surface area contributed by atoms with Crippen LogP contribution in [0.4, 0.5) is 0 Å². The first kappa shape index (κ1) is 13.7. The van der Waals surface area contributed by atoms with Gasteiger partial charge in [-0.2, -0.15) is 0 Å². The SMILES string of the molecule is COC(=O)CCCS(=O)(=O)NCc1cc[nH]c1. The fraction of sp³-hybridized carbons (Fsp3) is 0.500. The molecule has 0 aromatic carbocycles. The van der Waals surface area contributed by atoms with Gasteiger partial charge in [-0.25, -0.2) is 13.1 Å². The van der Waals surface area contributed by atoms with E-state index in [9.17, 15) is 13.2 Å². The Morgan fingerprint density at radius 2 is 2.29 bits per heavy atom. The lowest BCUT2D eigenvalue weighted by atomic mass is 10.3. The van der Waals surface area contributed by atoms with Gasteiger partial charge in [-0.05, 0) is 18.1 Å². The second-order valence-electron chi connectivity index (χ2n) is 3.54. The minimum absolute atomic E-state index is 0.0769.